The lowest BCUT2D eigenvalue weighted by atomic mass is 10.1. The van der Waals surface area contributed by atoms with Crippen molar-refractivity contribution < 1.29 is 15.0 Å². The van der Waals surface area contributed by atoms with Gasteiger partial charge in [-0.25, -0.2) is 0 Å². The molecule has 0 unspecified atom stereocenters. The molecule has 20 heavy (non-hydrogen) atoms. The van der Waals surface area contributed by atoms with Gasteiger partial charge in [0.15, 0.2) is 0 Å². The van der Waals surface area contributed by atoms with Crippen molar-refractivity contribution in [2.45, 2.75) is 12.3 Å². The van der Waals surface area contributed by atoms with Gasteiger partial charge in [0.05, 0.1) is 4.92 Å². The molecule has 3 rings (SSSR count). The first kappa shape index (κ1) is 12.8. The van der Waals surface area contributed by atoms with Crippen LogP contribution in [0.25, 0.3) is 0 Å². The second kappa shape index (κ2) is 5.40. The number of quaternary nitrogens is 1. The van der Waals surface area contributed by atoms with Gasteiger partial charge in [-0.15, -0.1) is 0 Å². The third kappa shape index (κ3) is 2.54. The van der Waals surface area contributed by atoms with E-state index in [4.69, 9.17) is 4.74 Å². The molecule has 1 saturated heterocycles. The number of nitro benzene ring substituents is 1. The summed E-state index contributed by atoms with van der Waals surface area (Å²) in [6.07, 6.45) is -0.0302. The van der Waals surface area contributed by atoms with Gasteiger partial charge in [-0.1, -0.05) is 30.3 Å². The average Bonchev–Trinajstić information content (AvgIpc) is 2.98. The van der Waals surface area contributed by atoms with Crippen molar-refractivity contribution in [3.63, 3.8) is 0 Å². The van der Waals surface area contributed by atoms with Crippen LogP contribution < -0.4 is 5.32 Å². The minimum absolute atomic E-state index is 0.00334. The van der Waals surface area contributed by atoms with E-state index in [2.05, 4.69) is 5.32 Å². The molecule has 0 aliphatic carbocycles. The van der Waals surface area contributed by atoms with E-state index in [0.717, 1.165) is 17.7 Å². The molecule has 2 atom stereocenters. The van der Waals surface area contributed by atoms with Crippen molar-refractivity contribution in [2.24, 2.45) is 0 Å². The smallest absolute Gasteiger partial charge is 0.269 e. The Morgan fingerprint density at radius 1 is 1.05 bits per heavy atom. The van der Waals surface area contributed by atoms with Crippen LogP contribution >= 0.6 is 0 Å². The van der Waals surface area contributed by atoms with Gasteiger partial charge in [0.1, 0.15) is 12.6 Å². The number of rotatable bonds is 3. The quantitative estimate of drug-likeness (QED) is 0.685. The van der Waals surface area contributed by atoms with Crippen LogP contribution in [0.5, 0.6) is 0 Å². The molecule has 5 heteroatoms. The van der Waals surface area contributed by atoms with Crippen molar-refractivity contribution in [2.75, 3.05) is 6.54 Å². The first-order valence-corrected chi connectivity index (χ1v) is 6.52. The fourth-order valence-electron chi connectivity index (χ4n) is 2.42. The molecule has 1 heterocycles. The van der Waals surface area contributed by atoms with E-state index in [0.29, 0.717) is 0 Å². The molecule has 1 aliphatic heterocycles. The maximum Gasteiger partial charge on any atom is 0.269 e. The summed E-state index contributed by atoms with van der Waals surface area (Å²) in [5, 5.41) is 12.8. The van der Waals surface area contributed by atoms with Crippen LogP contribution in [-0.4, -0.2) is 11.5 Å². The highest BCUT2D eigenvalue weighted by molar-refractivity contribution is 5.34. The maximum absolute atomic E-state index is 10.6. The Morgan fingerprint density at radius 3 is 2.40 bits per heavy atom. The van der Waals surface area contributed by atoms with E-state index < -0.39 is 4.92 Å². The average molecular weight is 271 g/mol. The summed E-state index contributed by atoms with van der Waals surface area (Å²) >= 11 is 0. The highest BCUT2D eigenvalue weighted by Gasteiger charge is 2.31. The highest BCUT2D eigenvalue weighted by Crippen LogP contribution is 2.27. The Labute approximate surface area is 116 Å². The van der Waals surface area contributed by atoms with E-state index >= 15 is 0 Å². The van der Waals surface area contributed by atoms with Crippen LogP contribution in [0.15, 0.2) is 54.6 Å². The molecule has 1 aliphatic rings. The van der Waals surface area contributed by atoms with Crippen molar-refractivity contribution >= 4 is 5.69 Å². The van der Waals surface area contributed by atoms with Gasteiger partial charge in [-0.2, -0.15) is 0 Å². The first-order chi connectivity index (χ1) is 9.74. The van der Waals surface area contributed by atoms with Gasteiger partial charge < -0.3 is 10.1 Å². The Balaban J connectivity index is 1.72. The summed E-state index contributed by atoms with van der Waals surface area (Å²) in [6.45, 7) is 0.817. The lowest BCUT2D eigenvalue weighted by molar-refractivity contribution is -0.698. The van der Waals surface area contributed by atoms with E-state index in [-0.39, 0.29) is 18.0 Å². The van der Waals surface area contributed by atoms with Crippen LogP contribution in [0, 0.1) is 10.1 Å². The first-order valence-electron chi connectivity index (χ1n) is 6.52. The zero-order valence-electron chi connectivity index (χ0n) is 10.8. The van der Waals surface area contributed by atoms with Crippen molar-refractivity contribution in [3.05, 3.63) is 75.8 Å². The fraction of sp³-hybridized carbons (Fsp3) is 0.200. The van der Waals surface area contributed by atoms with Gasteiger partial charge in [-0.05, 0) is 17.7 Å². The fourth-order valence-corrected chi connectivity index (χ4v) is 2.42. The number of nitrogens with zero attached hydrogens (tertiary/aromatic N) is 1. The number of ether oxygens (including phenoxy) is 1. The normalized spacial score (nSPS) is 21.8. The summed E-state index contributed by atoms with van der Waals surface area (Å²) in [5.74, 6) is 0. The van der Waals surface area contributed by atoms with E-state index in [1.807, 2.05) is 30.3 Å². The predicted molar refractivity (Wildman–Crippen MR) is 72.9 cm³/mol. The number of nitro groups is 1. The van der Waals surface area contributed by atoms with Crippen molar-refractivity contribution in [1.29, 1.82) is 0 Å². The lowest BCUT2D eigenvalue weighted by Gasteiger charge is -2.09. The highest BCUT2D eigenvalue weighted by atomic mass is 16.6. The Hall–Kier alpha value is -2.24. The van der Waals surface area contributed by atoms with Crippen LogP contribution in [0.3, 0.4) is 0 Å². The summed E-state index contributed by atoms with van der Waals surface area (Å²) in [7, 11) is 0. The molecule has 0 radical (unpaired) electrons. The molecule has 2 aromatic rings. The van der Waals surface area contributed by atoms with Crippen LogP contribution in [0.2, 0.25) is 0 Å². The van der Waals surface area contributed by atoms with Gasteiger partial charge in [0, 0.05) is 17.7 Å². The number of non-ortho nitro benzene ring substituents is 1. The molecule has 0 saturated carbocycles. The van der Waals surface area contributed by atoms with E-state index in [9.17, 15) is 10.1 Å². The second-order valence-corrected chi connectivity index (χ2v) is 4.78. The molecule has 1 fully saturated rings. The van der Waals surface area contributed by atoms with Gasteiger partial charge in [0.2, 0.25) is 6.23 Å². The third-order valence-electron chi connectivity index (χ3n) is 3.48. The van der Waals surface area contributed by atoms with Crippen LogP contribution in [-0.2, 0) is 4.74 Å². The zero-order chi connectivity index (χ0) is 13.9. The van der Waals surface area contributed by atoms with Crippen LogP contribution in [0.1, 0.15) is 23.5 Å². The minimum Gasteiger partial charge on any atom is -0.315 e. The van der Waals surface area contributed by atoms with Gasteiger partial charge in [0.25, 0.3) is 5.69 Å². The van der Waals surface area contributed by atoms with Crippen LogP contribution in [0.4, 0.5) is 5.69 Å². The molecule has 102 valence electrons. The second-order valence-electron chi connectivity index (χ2n) is 4.78. The predicted octanol–water partition coefficient (Wildman–Crippen LogP) is 1.93. The molecule has 0 spiro atoms. The minimum atomic E-state index is -0.391. The summed E-state index contributed by atoms with van der Waals surface area (Å²) in [6, 6.07) is 16.6. The van der Waals surface area contributed by atoms with E-state index in [1.54, 1.807) is 12.1 Å². The molecule has 0 bridgehead atoms. The molecule has 0 amide bonds. The Kier molecular flexibility index (Phi) is 3.45. The summed E-state index contributed by atoms with van der Waals surface area (Å²) in [5.41, 5.74) is 2.22. The van der Waals surface area contributed by atoms with Gasteiger partial charge in [-0.3, -0.25) is 10.1 Å². The number of hydrogen-bond donors (Lipinski definition) is 1. The third-order valence-corrected chi connectivity index (χ3v) is 3.48. The monoisotopic (exact) mass is 271 g/mol. The molecular formula is C15H15N2O3+. The zero-order valence-corrected chi connectivity index (χ0v) is 10.8. The molecule has 2 N–H and O–H groups in total. The topological polar surface area (TPSA) is 69.0 Å². The molecule has 5 nitrogen and oxygen atoms in total. The largest absolute Gasteiger partial charge is 0.315 e. The number of benzene rings is 2. The van der Waals surface area contributed by atoms with E-state index in [1.165, 1.54) is 12.1 Å². The Morgan fingerprint density at radius 2 is 1.75 bits per heavy atom. The number of nitrogens with two attached hydrogens (primary N) is 1. The van der Waals surface area contributed by atoms with Crippen molar-refractivity contribution in [3.8, 4) is 0 Å². The molecular weight excluding hydrogens is 256 g/mol. The molecule has 0 aromatic heterocycles. The summed E-state index contributed by atoms with van der Waals surface area (Å²) in [4.78, 5) is 10.2. The summed E-state index contributed by atoms with van der Waals surface area (Å²) < 4.78 is 6.01. The van der Waals surface area contributed by atoms with Gasteiger partial charge >= 0.3 is 0 Å². The Bertz CT molecular complexity index is 598. The standard InChI is InChI=1S/C15H14N2O3/c18-17(19)13-8-6-11(7-9-13)14-10-16-15(20-14)12-4-2-1-3-5-12/h1-9,14-16H,10H2/p+1/t14-,15-/m1/s1. The lowest BCUT2D eigenvalue weighted by Crippen LogP contribution is -2.82. The number of hydrogen-bond acceptors (Lipinski definition) is 3. The molecule has 2 aromatic carbocycles. The SMILES string of the molecule is O=[N+]([O-])c1ccc([C@H]2C[NH2+][C@@H](c3ccccc3)O2)cc1. The van der Waals surface area contributed by atoms with Crippen molar-refractivity contribution in [1.82, 2.24) is 0 Å². The maximum atomic E-state index is 10.6.